The van der Waals surface area contributed by atoms with Crippen molar-refractivity contribution in [3.05, 3.63) is 42.2 Å². The van der Waals surface area contributed by atoms with E-state index in [1.165, 1.54) is 0 Å². The summed E-state index contributed by atoms with van der Waals surface area (Å²) in [6.45, 7) is 3.48. The van der Waals surface area contributed by atoms with Gasteiger partial charge in [-0.2, -0.15) is 0 Å². The molecule has 0 saturated carbocycles. The van der Waals surface area contributed by atoms with Crippen LogP contribution in [0.4, 0.5) is 10.7 Å². The predicted molar refractivity (Wildman–Crippen MR) is 111 cm³/mol. The quantitative estimate of drug-likeness (QED) is 0.679. The summed E-state index contributed by atoms with van der Waals surface area (Å²) in [5, 5.41) is 2.72. The van der Waals surface area contributed by atoms with Crippen molar-refractivity contribution in [2.24, 2.45) is 0 Å². The van der Waals surface area contributed by atoms with E-state index in [0.717, 1.165) is 4.90 Å². The van der Waals surface area contributed by atoms with E-state index in [1.807, 2.05) is 4.90 Å². The molecule has 0 spiro atoms. The predicted octanol–water partition coefficient (Wildman–Crippen LogP) is 0.321. The van der Waals surface area contributed by atoms with E-state index >= 15 is 0 Å². The third kappa shape index (κ3) is 3.35. The minimum Gasteiger partial charge on any atom is -0.454 e. The molecule has 1 aromatic carbocycles. The highest BCUT2D eigenvalue weighted by Gasteiger charge is 2.50. The number of piperazine rings is 1. The van der Waals surface area contributed by atoms with Gasteiger partial charge in [-0.05, 0) is 30.7 Å². The number of benzene rings is 1. The van der Waals surface area contributed by atoms with Crippen molar-refractivity contribution in [3.63, 3.8) is 0 Å². The Morgan fingerprint density at radius 1 is 1.09 bits per heavy atom. The molecule has 2 saturated heterocycles. The van der Waals surface area contributed by atoms with E-state index in [1.54, 1.807) is 48.5 Å². The van der Waals surface area contributed by atoms with Gasteiger partial charge in [-0.25, -0.2) is 14.8 Å². The first-order valence-corrected chi connectivity index (χ1v) is 10.3. The first kappa shape index (κ1) is 20.0. The van der Waals surface area contributed by atoms with Gasteiger partial charge in [0.05, 0.1) is 0 Å². The standard InChI is InChI=1S/C21H22N6O5/c1-21(14-3-4-15-16(11-14)32-13-31-15)18(29)27(20(30)24-21)12-17(28)25-7-9-26(10-8-25)19-22-5-2-6-23-19/h2-6,11H,7-10,12-13H2,1H3,(H,24,30)/t21-/m0/s1. The summed E-state index contributed by atoms with van der Waals surface area (Å²) < 4.78 is 10.7. The number of nitrogens with one attached hydrogen (secondary N) is 1. The van der Waals surface area contributed by atoms with Gasteiger partial charge in [0.15, 0.2) is 11.5 Å². The fourth-order valence-corrected chi connectivity index (χ4v) is 4.09. The van der Waals surface area contributed by atoms with E-state index in [9.17, 15) is 14.4 Å². The molecule has 166 valence electrons. The van der Waals surface area contributed by atoms with Crippen LogP contribution in [0.5, 0.6) is 11.5 Å². The zero-order chi connectivity index (χ0) is 22.3. The average Bonchev–Trinajstić information content (AvgIpc) is 3.38. The highest BCUT2D eigenvalue weighted by atomic mass is 16.7. The fourth-order valence-electron chi connectivity index (χ4n) is 4.09. The molecule has 11 nitrogen and oxygen atoms in total. The van der Waals surface area contributed by atoms with Crippen molar-refractivity contribution < 1.29 is 23.9 Å². The molecule has 0 unspecified atom stereocenters. The highest BCUT2D eigenvalue weighted by molar-refractivity contribution is 6.09. The number of amides is 4. The normalized spacial score (nSPS) is 22.3. The van der Waals surface area contributed by atoms with Crippen LogP contribution in [0, 0.1) is 0 Å². The summed E-state index contributed by atoms with van der Waals surface area (Å²) in [7, 11) is 0. The van der Waals surface area contributed by atoms with Crippen molar-refractivity contribution in [2.45, 2.75) is 12.5 Å². The third-order valence-corrected chi connectivity index (χ3v) is 5.99. The van der Waals surface area contributed by atoms with E-state index in [0.29, 0.717) is 49.2 Å². The number of anilines is 1. The first-order chi connectivity index (χ1) is 15.5. The van der Waals surface area contributed by atoms with Gasteiger partial charge in [0.2, 0.25) is 18.6 Å². The topological polar surface area (TPSA) is 117 Å². The SMILES string of the molecule is C[C@@]1(c2ccc3c(c2)OCO3)NC(=O)N(CC(=O)N2CCN(c3ncccn3)CC2)C1=O. The Morgan fingerprint density at radius 3 is 2.56 bits per heavy atom. The summed E-state index contributed by atoms with van der Waals surface area (Å²) in [5.74, 6) is 0.957. The summed E-state index contributed by atoms with van der Waals surface area (Å²) in [6, 6.07) is 6.24. The van der Waals surface area contributed by atoms with Gasteiger partial charge in [-0.3, -0.25) is 14.5 Å². The highest BCUT2D eigenvalue weighted by Crippen LogP contribution is 2.37. The molecular weight excluding hydrogens is 416 g/mol. The molecule has 3 aliphatic rings. The fraction of sp³-hybridized carbons (Fsp3) is 0.381. The maximum Gasteiger partial charge on any atom is 0.325 e. The third-order valence-electron chi connectivity index (χ3n) is 5.99. The lowest BCUT2D eigenvalue weighted by Crippen LogP contribution is -2.52. The van der Waals surface area contributed by atoms with Crippen LogP contribution in [-0.4, -0.2) is 77.1 Å². The van der Waals surface area contributed by atoms with Crippen LogP contribution in [-0.2, 0) is 15.1 Å². The Kier molecular flexibility index (Phi) is 4.80. The number of ether oxygens (including phenoxy) is 2. The van der Waals surface area contributed by atoms with E-state index in [4.69, 9.17) is 9.47 Å². The summed E-state index contributed by atoms with van der Waals surface area (Å²) in [5.41, 5.74) is -0.728. The van der Waals surface area contributed by atoms with E-state index in [2.05, 4.69) is 15.3 Å². The van der Waals surface area contributed by atoms with Crippen molar-refractivity contribution in [1.82, 2.24) is 25.1 Å². The number of rotatable bonds is 4. The average molecular weight is 438 g/mol. The number of imide groups is 1. The Morgan fingerprint density at radius 2 is 1.81 bits per heavy atom. The number of urea groups is 1. The Hall–Kier alpha value is -3.89. The van der Waals surface area contributed by atoms with Crippen molar-refractivity contribution >= 4 is 23.8 Å². The molecule has 0 bridgehead atoms. The smallest absolute Gasteiger partial charge is 0.325 e. The van der Waals surface area contributed by atoms with Gasteiger partial charge in [-0.15, -0.1) is 0 Å². The van der Waals surface area contributed by atoms with Crippen LogP contribution < -0.4 is 19.7 Å². The molecule has 2 aromatic rings. The van der Waals surface area contributed by atoms with Crippen LogP contribution in [0.15, 0.2) is 36.7 Å². The lowest BCUT2D eigenvalue weighted by Gasteiger charge is -2.35. The number of carbonyl (C=O) groups is 3. The van der Waals surface area contributed by atoms with Crippen molar-refractivity contribution in [3.8, 4) is 11.5 Å². The van der Waals surface area contributed by atoms with Crippen LogP contribution in [0.1, 0.15) is 12.5 Å². The molecule has 2 fully saturated rings. The zero-order valence-corrected chi connectivity index (χ0v) is 17.5. The molecule has 3 aliphatic heterocycles. The molecule has 4 amide bonds. The van der Waals surface area contributed by atoms with Crippen molar-refractivity contribution in [2.75, 3.05) is 44.4 Å². The van der Waals surface area contributed by atoms with Gasteiger partial charge in [0.1, 0.15) is 12.1 Å². The van der Waals surface area contributed by atoms with Crippen LogP contribution >= 0.6 is 0 Å². The van der Waals surface area contributed by atoms with Crippen molar-refractivity contribution in [1.29, 1.82) is 0 Å². The second-order valence-corrected chi connectivity index (χ2v) is 7.93. The molecule has 32 heavy (non-hydrogen) atoms. The number of hydrogen-bond acceptors (Lipinski definition) is 8. The van der Waals surface area contributed by atoms with Crippen LogP contribution in [0.3, 0.4) is 0 Å². The Balaban J connectivity index is 1.24. The molecule has 1 atom stereocenters. The molecule has 5 rings (SSSR count). The molecule has 4 heterocycles. The molecule has 0 aliphatic carbocycles. The number of carbonyl (C=O) groups excluding carboxylic acids is 3. The lowest BCUT2D eigenvalue weighted by atomic mass is 9.91. The minimum absolute atomic E-state index is 0.111. The number of hydrogen-bond donors (Lipinski definition) is 1. The van der Waals surface area contributed by atoms with Crippen LogP contribution in [0.25, 0.3) is 0 Å². The van der Waals surface area contributed by atoms with Gasteiger partial charge in [0, 0.05) is 38.6 Å². The maximum atomic E-state index is 13.2. The monoisotopic (exact) mass is 438 g/mol. The Labute approximate surface area is 183 Å². The van der Waals surface area contributed by atoms with Gasteiger partial charge in [-0.1, -0.05) is 6.07 Å². The lowest BCUT2D eigenvalue weighted by molar-refractivity contribution is -0.139. The minimum atomic E-state index is -1.29. The number of fused-ring (bicyclic) bond motifs is 1. The van der Waals surface area contributed by atoms with E-state index < -0.39 is 17.5 Å². The van der Waals surface area contributed by atoms with Gasteiger partial charge >= 0.3 is 6.03 Å². The first-order valence-electron chi connectivity index (χ1n) is 10.3. The van der Waals surface area contributed by atoms with E-state index in [-0.39, 0.29) is 19.2 Å². The molecular formula is C21H22N6O5. The summed E-state index contributed by atoms with van der Waals surface area (Å²) in [4.78, 5) is 51.7. The maximum absolute atomic E-state index is 13.2. The number of aromatic nitrogens is 2. The molecule has 1 aromatic heterocycles. The zero-order valence-electron chi connectivity index (χ0n) is 17.5. The summed E-state index contributed by atoms with van der Waals surface area (Å²) >= 11 is 0. The molecule has 0 radical (unpaired) electrons. The second kappa shape index (κ2) is 7.66. The summed E-state index contributed by atoms with van der Waals surface area (Å²) in [6.07, 6.45) is 3.35. The van der Waals surface area contributed by atoms with Gasteiger partial charge in [0.25, 0.3) is 5.91 Å². The largest absolute Gasteiger partial charge is 0.454 e. The molecule has 11 heteroatoms. The second-order valence-electron chi connectivity index (χ2n) is 7.93. The van der Waals surface area contributed by atoms with Gasteiger partial charge < -0.3 is 24.6 Å². The van der Waals surface area contributed by atoms with Crippen LogP contribution in [0.2, 0.25) is 0 Å². The number of nitrogens with zero attached hydrogens (tertiary/aromatic N) is 5. The molecule has 1 N–H and O–H groups in total. The Bertz CT molecular complexity index is 1070.